The van der Waals surface area contributed by atoms with Crippen LogP contribution in [-0.4, -0.2) is 83.1 Å². The Balaban J connectivity index is 1.73. The Morgan fingerprint density at radius 2 is 1.71 bits per heavy atom. The largest absolute Gasteiger partial charge is 0.465 e. The number of carbonyl (C=O) groups excluding carboxylic acids is 1. The maximum atomic E-state index is 12.5. The van der Waals surface area contributed by atoms with E-state index in [0.29, 0.717) is 50.0 Å². The lowest BCUT2D eigenvalue weighted by molar-refractivity contribution is -0.143. The smallest absolute Gasteiger partial charge is 0.307 e. The van der Waals surface area contributed by atoms with Crippen LogP contribution in [0.25, 0.3) is 10.9 Å². The molecule has 6 nitrogen and oxygen atoms in total. The SMILES string of the molecule is CCSSCCOC(O)CCN(CCC(=O)OCCSSCC(C)(C)CCC(C)(C)C)CCc1c[nH]c2ccccc12. The van der Waals surface area contributed by atoms with Crippen molar-refractivity contribution in [2.24, 2.45) is 10.8 Å². The lowest BCUT2D eigenvalue weighted by Crippen LogP contribution is -2.32. The molecule has 0 bridgehead atoms. The van der Waals surface area contributed by atoms with Crippen LogP contribution in [0.4, 0.5) is 0 Å². The van der Waals surface area contributed by atoms with Crippen LogP contribution in [0.2, 0.25) is 0 Å². The van der Waals surface area contributed by atoms with Gasteiger partial charge in [-0.3, -0.25) is 4.79 Å². The number of hydrogen-bond donors (Lipinski definition) is 2. The topological polar surface area (TPSA) is 74.8 Å². The third-order valence-corrected chi connectivity index (χ3v) is 12.1. The monoisotopic (exact) mass is 658 g/mol. The molecule has 0 radical (unpaired) electrons. The molecule has 2 aromatic rings. The van der Waals surface area contributed by atoms with E-state index in [1.807, 2.05) is 16.9 Å². The molecule has 0 fully saturated rings. The zero-order chi connectivity index (χ0) is 30.8. The standard InChI is InChI=1S/C32H54N2O4S4/c1-7-39-40-22-20-37-29(35)13-18-34(17-12-26-24-33-28-11-9-8-10-27(26)28)19-14-30(36)38-21-23-41-42-25-32(5,6)16-15-31(2,3)4/h8-11,24,29,33,35H,7,12-23,25H2,1-6H3. The number of aromatic nitrogens is 1. The highest BCUT2D eigenvalue weighted by molar-refractivity contribution is 8.77. The quantitative estimate of drug-likeness (QED) is 0.0531. The molecule has 1 unspecified atom stereocenters. The Bertz CT molecular complexity index is 1010. The van der Waals surface area contributed by atoms with Crippen LogP contribution in [0.1, 0.15) is 72.8 Å². The fraction of sp³-hybridized carbons (Fsp3) is 0.719. The summed E-state index contributed by atoms with van der Waals surface area (Å²) < 4.78 is 11.2. The first-order chi connectivity index (χ1) is 20.0. The van der Waals surface area contributed by atoms with Gasteiger partial charge in [0, 0.05) is 66.2 Å². The van der Waals surface area contributed by atoms with Gasteiger partial charge in [-0.15, -0.1) is 0 Å². The van der Waals surface area contributed by atoms with Gasteiger partial charge in [-0.1, -0.05) is 103 Å². The number of benzene rings is 1. The molecule has 0 aliphatic rings. The molecule has 0 saturated carbocycles. The highest BCUT2D eigenvalue weighted by Gasteiger charge is 2.22. The van der Waals surface area contributed by atoms with Crippen molar-refractivity contribution in [1.29, 1.82) is 0 Å². The minimum Gasteiger partial charge on any atom is -0.465 e. The van der Waals surface area contributed by atoms with E-state index in [1.165, 1.54) is 23.8 Å². The van der Waals surface area contributed by atoms with Gasteiger partial charge in [0.25, 0.3) is 0 Å². The van der Waals surface area contributed by atoms with Crippen LogP contribution in [-0.2, 0) is 20.7 Å². The summed E-state index contributed by atoms with van der Waals surface area (Å²) in [5.41, 5.74) is 3.07. The summed E-state index contributed by atoms with van der Waals surface area (Å²) in [4.78, 5) is 18.1. The van der Waals surface area contributed by atoms with Crippen molar-refractivity contribution in [3.05, 3.63) is 36.0 Å². The number of fused-ring (bicyclic) bond motifs is 1. The van der Waals surface area contributed by atoms with Gasteiger partial charge in [0.2, 0.25) is 0 Å². The predicted octanol–water partition coefficient (Wildman–Crippen LogP) is 8.31. The Hall–Kier alpha value is -0.490. The number of aromatic amines is 1. The normalized spacial score (nSPS) is 13.2. The molecule has 2 N–H and O–H groups in total. The summed E-state index contributed by atoms with van der Waals surface area (Å²) >= 11 is 0. The van der Waals surface area contributed by atoms with Crippen LogP contribution in [0, 0.1) is 10.8 Å². The molecule has 1 aromatic carbocycles. The molecule has 1 aromatic heterocycles. The Morgan fingerprint density at radius 1 is 0.976 bits per heavy atom. The van der Waals surface area contributed by atoms with Crippen molar-refractivity contribution in [2.75, 3.05) is 55.9 Å². The van der Waals surface area contributed by atoms with Gasteiger partial charge in [0.15, 0.2) is 6.29 Å². The predicted molar refractivity (Wildman–Crippen MR) is 189 cm³/mol. The Labute approximate surface area is 270 Å². The van der Waals surface area contributed by atoms with Crippen LogP contribution >= 0.6 is 43.2 Å². The third-order valence-electron chi connectivity index (χ3n) is 6.89. The third kappa shape index (κ3) is 17.1. The molecule has 0 aliphatic heterocycles. The number of nitrogens with one attached hydrogen (secondary N) is 1. The number of hydrogen-bond acceptors (Lipinski definition) is 9. The number of carbonyl (C=O) groups is 1. The molecule has 1 atom stereocenters. The van der Waals surface area contributed by atoms with Crippen molar-refractivity contribution in [2.45, 2.75) is 79.9 Å². The van der Waals surface area contributed by atoms with E-state index >= 15 is 0 Å². The van der Waals surface area contributed by atoms with E-state index in [1.54, 1.807) is 32.4 Å². The first kappa shape index (κ1) is 37.7. The summed E-state index contributed by atoms with van der Waals surface area (Å²) in [6.07, 6.45) is 5.43. The van der Waals surface area contributed by atoms with E-state index in [4.69, 9.17) is 9.47 Å². The van der Waals surface area contributed by atoms with Crippen molar-refractivity contribution in [1.82, 2.24) is 9.88 Å². The van der Waals surface area contributed by atoms with E-state index < -0.39 is 6.29 Å². The molecule has 42 heavy (non-hydrogen) atoms. The second-order valence-electron chi connectivity index (χ2n) is 12.6. The number of aliphatic hydroxyl groups is 1. The van der Waals surface area contributed by atoms with Gasteiger partial charge < -0.3 is 24.5 Å². The highest BCUT2D eigenvalue weighted by Crippen LogP contribution is 2.36. The molecular weight excluding hydrogens is 605 g/mol. The Kier molecular flexibility index (Phi) is 18.4. The number of nitrogens with zero attached hydrogens (tertiary/aromatic N) is 1. The number of H-pyrrole nitrogens is 1. The molecule has 1 heterocycles. The number of esters is 1. The number of aliphatic hydroxyl groups excluding tert-OH is 1. The van der Waals surface area contributed by atoms with Crippen LogP contribution in [0.3, 0.4) is 0 Å². The molecule has 240 valence electrons. The van der Waals surface area contributed by atoms with Crippen molar-refractivity contribution >= 4 is 60.0 Å². The molecule has 10 heteroatoms. The average Bonchev–Trinajstić information content (AvgIpc) is 3.36. The van der Waals surface area contributed by atoms with E-state index in [0.717, 1.165) is 41.5 Å². The molecule has 0 saturated heterocycles. The Morgan fingerprint density at radius 3 is 2.48 bits per heavy atom. The maximum Gasteiger partial charge on any atom is 0.307 e. The summed E-state index contributed by atoms with van der Waals surface area (Å²) in [6, 6.07) is 8.32. The first-order valence-corrected chi connectivity index (χ1v) is 20.2. The minimum absolute atomic E-state index is 0.162. The van der Waals surface area contributed by atoms with E-state index in [-0.39, 0.29) is 5.97 Å². The van der Waals surface area contributed by atoms with Gasteiger partial charge in [-0.25, -0.2) is 0 Å². The van der Waals surface area contributed by atoms with Crippen LogP contribution in [0.5, 0.6) is 0 Å². The van der Waals surface area contributed by atoms with Crippen molar-refractivity contribution in [3.8, 4) is 0 Å². The fourth-order valence-corrected chi connectivity index (χ4v) is 8.33. The van der Waals surface area contributed by atoms with Gasteiger partial charge >= 0.3 is 5.97 Å². The van der Waals surface area contributed by atoms with Crippen molar-refractivity contribution < 1.29 is 19.4 Å². The lowest BCUT2D eigenvalue weighted by Gasteiger charge is -2.28. The minimum atomic E-state index is -0.798. The molecule has 2 rings (SSSR count). The van der Waals surface area contributed by atoms with Gasteiger partial charge in [0.1, 0.15) is 6.61 Å². The lowest BCUT2D eigenvalue weighted by atomic mass is 9.81. The van der Waals surface area contributed by atoms with E-state index in [9.17, 15) is 9.90 Å². The first-order valence-electron chi connectivity index (χ1n) is 15.2. The van der Waals surface area contributed by atoms with Crippen LogP contribution in [0.15, 0.2) is 30.5 Å². The number of para-hydroxylation sites is 1. The molecule has 0 amide bonds. The second kappa shape index (κ2) is 20.5. The van der Waals surface area contributed by atoms with Crippen LogP contribution < -0.4 is 0 Å². The van der Waals surface area contributed by atoms with Gasteiger partial charge in [-0.05, 0) is 41.7 Å². The van der Waals surface area contributed by atoms with Gasteiger partial charge in [0.05, 0.1) is 13.0 Å². The number of ether oxygens (including phenoxy) is 2. The van der Waals surface area contributed by atoms with Crippen molar-refractivity contribution in [3.63, 3.8) is 0 Å². The molecule has 0 aliphatic carbocycles. The van der Waals surface area contributed by atoms with E-state index in [2.05, 4.69) is 75.8 Å². The second-order valence-corrected chi connectivity index (χ2v) is 18.0. The zero-order valence-corrected chi connectivity index (χ0v) is 29.9. The zero-order valence-electron chi connectivity index (χ0n) is 26.6. The summed E-state index contributed by atoms with van der Waals surface area (Å²) in [5, 5.41) is 11.6. The average molecular weight is 659 g/mol. The molecule has 0 spiro atoms. The van der Waals surface area contributed by atoms with Gasteiger partial charge in [-0.2, -0.15) is 0 Å². The highest BCUT2D eigenvalue weighted by atomic mass is 33.1. The summed E-state index contributed by atoms with van der Waals surface area (Å²) in [5.74, 6) is 3.66. The summed E-state index contributed by atoms with van der Waals surface area (Å²) in [6.45, 7) is 16.7. The summed E-state index contributed by atoms with van der Waals surface area (Å²) in [7, 11) is 7.24. The number of rotatable bonds is 23. The maximum absolute atomic E-state index is 12.5. The fourth-order valence-electron chi connectivity index (χ4n) is 4.25. The molecular formula is C32H54N2O4S4.